The molecule has 0 radical (unpaired) electrons. The molecule has 1 aromatic heterocycles. The van der Waals surface area contributed by atoms with Crippen molar-refractivity contribution >= 4 is 28.5 Å². The number of hydrogen-bond donors (Lipinski definition) is 6. The number of para-hydroxylation sites is 1. The first kappa shape index (κ1) is 27.5. The highest BCUT2D eigenvalue weighted by Gasteiger charge is 2.10. The number of rotatable bonds is 8. The number of nitrogens with two attached hydrogens (primary N) is 4. The highest BCUT2D eigenvalue weighted by atomic mass is 16.4. The Morgan fingerprint density at radius 3 is 2.06 bits per heavy atom. The Hall–Kier alpha value is -3.53. The number of pyridine rings is 1. The molecule has 0 saturated carbocycles. The monoisotopic (exact) mass is 455 g/mol. The molecule has 0 spiro atoms. The van der Waals surface area contributed by atoms with Gasteiger partial charge in [0.1, 0.15) is 12.1 Å². The number of fused-ring (bicyclic) bond motifs is 1. The van der Waals surface area contributed by atoms with E-state index in [9.17, 15) is 9.59 Å². The van der Waals surface area contributed by atoms with E-state index in [0.717, 1.165) is 16.5 Å². The molecule has 0 bridgehead atoms. The van der Waals surface area contributed by atoms with Crippen LogP contribution in [0.2, 0.25) is 0 Å². The molecule has 3 aromatic rings. The molecule has 10 N–H and O–H groups in total. The van der Waals surface area contributed by atoms with Crippen LogP contribution in [0.5, 0.6) is 0 Å². The van der Waals surface area contributed by atoms with Gasteiger partial charge in [-0.3, -0.25) is 14.6 Å². The zero-order valence-corrected chi connectivity index (χ0v) is 18.5. The smallest absolute Gasteiger partial charge is 0.320 e. The number of hydrogen-bond acceptors (Lipinski definition) is 7. The van der Waals surface area contributed by atoms with Gasteiger partial charge < -0.3 is 33.1 Å². The lowest BCUT2D eigenvalue weighted by Gasteiger charge is -2.05. The number of carboxylic acid groups (broad SMARTS) is 2. The van der Waals surface area contributed by atoms with Crippen LogP contribution in [-0.4, -0.2) is 45.8 Å². The molecule has 0 fully saturated rings. The molecule has 2 unspecified atom stereocenters. The molecular formula is C24H33N5O4. The van der Waals surface area contributed by atoms with Gasteiger partial charge in [0.05, 0.1) is 17.4 Å². The number of aromatic nitrogens is 1. The van der Waals surface area contributed by atoms with Crippen molar-refractivity contribution in [2.45, 2.75) is 37.8 Å². The molecule has 9 nitrogen and oxygen atoms in total. The molecule has 3 rings (SSSR count). The highest BCUT2D eigenvalue weighted by molar-refractivity contribution is 5.80. The quantitative estimate of drug-likeness (QED) is 0.294. The topological polar surface area (TPSA) is 192 Å². The maximum absolute atomic E-state index is 10.4. The Kier molecular flexibility index (Phi) is 12.8. The number of nitrogen functional groups attached to an aromatic ring is 1. The standard InChI is InChI=1S/C10H13NO2.C9H8N2.C5H12N2O2/c11-9(10(12)13)7-6-8-4-2-1-3-5-8;10-8-5-7-3-1-2-4-9(7)11-6-8;6-3-1-2-4(7)5(8)9/h1-5,9H,6-7,11H2,(H,12,13);1-6H,10H2;4H,1-3,6-7H2,(H,8,9). The first-order chi connectivity index (χ1) is 15.7. The fraction of sp³-hybridized carbons (Fsp3) is 0.292. The highest BCUT2D eigenvalue weighted by Crippen LogP contribution is 2.12. The summed E-state index contributed by atoms with van der Waals surface area (Å²) in [7, 11) is 0. The number of anilines is 1. The number of nitrogens with zero attached hydrogens (tertiary/aromatic N) is 1. The van der Waals surface area contributed by atoms with Gasteiger partial charge in [-0.1, -0.05) is 48.5 Å². The maximum Gasteiger partial charge on any atom is 0.320 e. The van der Waals surface area contributed by atoms with E-state index in [2.05, 4.69) is 4.98 Å². The Morgan fingerprint density at radius 1 is 0.879 bits per heavy atom. The molecule has 0 saturated heterocycles. The van der Waals surface area contributed by atoms with Crippen molar-refractivity contribution in [1.29, 1.82) is 0 Å². The molecule has 33 heavy (non-hydrogen) atoms. The third-order valence-electron chi connectivity index (χ3n) is 4.55. The lowest BCUT2D eigenvalue weighted by atomic mass is 10.1. The second-order valence-corrected chi connectivity index (χ2v) is 7.31. The molecule has 0 amide bonds. The summed E-state index contributed by atoms with van der Waals surface area (Å²) in [6.45, 7) is 0.501. The van der Waals surface area contributed by atoms with Crippen molar-refractivity contribution in [2.24, 2.45) is 17.2 Å². The van der Waals surface area contributed by atoms with E-state index in [1.165, 1.54) is 0 Å². The van der Waals surface area contributed by atoms with Gasteiger partial charge in [-0.2, -0.15) is 0 Å². The summed E-state index contributed by atoms with van der Waals surface area (Å²) >= 11 is 0. The van der Waals surface area contributed by atoms with Gasteiger partial charge in [-0.25, -0.2) is 0 Å². The summed E-state index contributed by atoms with van der Waals surface area (Å²) in [5.41, 5.74) is 24.0. The van der Waals surface area contributed by atoms with Crippen LogP contribution in [0.15, 0.2) is 66.9 Å². The van der Waals surface area contributed by atoms with E-state index < -0.39 is 24.0 Å². The van der Waals surface area contributed by atoms with Gasteiger partial charge in [0.25, 0.3) is 0 Å². The first-order valence-corrected chi connectivity index (χ1v) is 10.6. The summed E-state index contributed by atoms with van der Waals surface area (Å²) in [5, 5.41) is 17.9. The van der Waals surface area contributed by atoms with Crippen molar-refractivity contribution in [3.63, 3.8) is 0 Å². The van der Waals surface area contributed by atoms with Crippen LogP contribution in [0.25, 0.3) is 10.9 Å². The minimum Gasteiger partial charge on any atom is -0.480 e. The van der Waals surface area contributed by atoms with Crippen molar-refractivity contribution in [3.8, 4) is 0 Å². The van der Waals surface area contributed by atoms with Gasteiger partial charge >= 0.3 is 11.9 Å². The lowest BCUT2D eigenvalue weighted by molar-refractivity contribution is -0.139. The SMILES string of the molecule is NC(CCc1ccccc1)C(=O)O.NCCCC(N)C(=O)O.Nc1cnc2ccccc2c1. The van der Waals surface area contributed by atoms with Crippen LogP contribution in [0, 0.1) is 0 Å². The minimum atomic E-state index is -0.955. The van der Waals surface area contributed by atoms with Gasteiger partial charge in [-0.15, -0.1) is 0 Å². The number of aryl methyl sites for hydroxylation is 1. The normalized spacial score (nSPS) is 11.8. The summed E-state index contributed by atoms with van der Waals surface area (Å²) in [6.07, 6.45) is 4.01. The largest absolute Gasteiger partial charge is 0.480 e. The summed E-state index contributed by atoms with van der Waals surface area (Å²) in [6, 6.07) is 18.1. The summed E-state index contributed by atoms with van der Waals surface area (Å²) < 4.78 is 0. The van der Waals surface area contributed by atoms with Crippen LogP contribution in [0.1, 0.15) is 24.8 Å². The molecule has 0 aliphatic heterocycles. The number of benzene rings is 2. The van der Waals surface area contributed by atoms with E-state index in [0.29, 0.717) is 37.9 Å². The van der Waals surface area contributed by atoms with Gasteiger partial charge in [0.15, 0.2) is 0 Å². The summed E-state index contributed by atoms with van der Waals surface area (Å²) in [4.78, 5) is 24.6. The maximum atomic E-state index is 10.4. The van der Waals surface area contributed by atoms with E-state index in [-0.39, 0.29) is 0 Å². The molecule has 2 atom stereocenters. The predicted octanol–water partition coefficient (Wildman–Crippen LogP) is 1.99. The Balaban J connectivity index is 0.000000252. The molecule has 178 valence electrons. The second-order valence-electron chi connectivity index (χ2n) is 7.31. The van der Waals surface area contributed by atoms with Crippen molar-refractivity contribution in [2.75, 3.05) is 12.3 Å². The van der Waals surface area contributed by atoms with E-state index in [1.54, 1.807) is 6.20 Å². The average Bonchev–Trinajstić information content (AvgIpc) is 2.82. The summed E-state index contributed by atoms with van der Waals surface area (Å²) in [5.74, 6) is -1.89. The third kappa shape index (κ3) is 11.6. The predicted molar refractivity (Wildman–Crippen MR) is 130 cm³/mol. The van der Waals surface area contributed by atoms with Crippen LogP contribution < -0.4 is 22.9 Å². The minimum absolute atomic E-state index is 0.464. The third-order valence-corrected chi connectivity index (χ3v) is 4.55. The number of carboxylic acids is 2. The average molecular weight is 456 g/mol. The fourth-order valence-corrected chi connectivity index (χ4v) is 2.64. The number of carbonyl (C=O) groups is 2. The van der Waals surface area contributed by atoms with E-state index in [4.69, 9.17) is 33.1 Å². The zero-order valence-electron chi connectivity index (χ0n) is 18.5. The van der Waals surface area contributed by atoms with Crippen LogP contribution in [0.4, 0.5) is 5.69 Å². The number of aliphatic carboxylic acids is 2. The fourth-order valence-electron chi connectivity index (χ4n) is 2.64. The van der Waals surface area contributed by atoms with Gasteiger partial charge in [0.2, 0.25) is 0 Å². The van der Waals surface area contributed by atoms with Gasteiger partial charge in [-0.05, 0) is 49.9 Å². The van der Waals surface area contributed by atoms with Crippen LogP contribution in [0.3, 0.4) is 0 Å². The molecule has 0 aliphatic carbocycles. The van der Waals surface area contributed by atoms with Crippen LogP contribution >= 0.6 is 0 Å². The molecule has 1 heterocycles. The lowest BCUT2D eigenvalue weighted by Crippen LogP contribution is -2.30. The van der Waals surface area contributed by atoms with Crippen molar-refractivity contribution in [1.82, 2.24) is 4.98 Å². The molecule has 9 heteroatoms. The van der Waals surface area contributed by atoms with Crippen molar-refractivity contribution < 1.29 is 19.8 Å². The molecular weight excluding hydrogens is 422 g/mol. The van der Waals surface area contributed by atoms with E-state index in [1.807, 2.05) is 60.7 Å². The van der Waals surface area contributed by atoms with E-state index >= 15 is 0 Å². The first-order valence-electron chi connectivity index (χ1n) is 10.6. The van der Waals surface area contributed by atoms with Gasteiger partial charge in [0, 0.05) is 5.39 Å². The zero-order chi connectivity index (χ0) is 24.6. The Labute approximate surface area is 193 Å². The van der Waals surface area contributed by atoms with Crippen molar-refractivity contribution in [3.05, 3.63) is 72.4 Å². The Bertz CT molecular complexity index is 985. The second kappa shape index (κ2) is 15.3. The molecule has 0 aliphatic rings. The molecule has 2 aromatic carbocycles. The Morgan fingerprint density at radius 2 is 1.45 bits per heavy atom. The van der Waals surface area contributed by atoms with Crippen LogP contribution in [-0.2, 0) is 16.0 Å².